The first kappa shape index (κ1) is 16.5. The summed E-state index contributed by atoms with van der Waals surface area (Å²) in [5.74, 6) is -1.25. The van der Waals surface area contributed by atoms with Crippen molar-refractivity contribution in [2.75, 3.05) is 29.6 Å². The molecular formula is C17H18FN3O2. The molecule has 0 atom stereocenters. The second-order valence-corrected chi connectivity index (χ2v) is 5.27. The molecule has 0 heterocycles. The van der Waals surface area contributed by atoms with Crippen LogP contribution in [0.25, 0.3) is 0 Å². The third kappa shape index (κ3) is 4.29. The van der Waals surface area contributed by atoms with E-state index in [2.05, 4.69) is 10.6 Å². The van der Waals surface area contributed by atoms with Crippen LogP contribution in [0.1, 0.15) is 17.3 Å². The summed E-state index contributed by atoms with van der Waals surface area (Å²) in [7, 11) is 3.83. The molecule has 0 fully saturated rings. The number of carbonyl (C=O) groups is 2. The number of halogens is 1. The quantitative estimate of drug-likeness (QED) is 0.911. The van der Waals surface area contributed by atoms with Gasteiger partial charge in [-0.1, -0.05) is 0 Å². The molecule has 5 nitrogen and oxygen atoms in total. The van der Waals surface area contributed by atoms with Crippen LogP contribution in [0.15, 0.2) is 42.5 Å². The molecule has 0 bridgehead atoms. The lowest BCUT2D eigenvalue weighted by Gasteiger charge is -2.13. The van der Waals surface area contributed by atoms with Crippen molar-refractivity contribution >= 4 is 28.9 Å². The number of amides is 2. The third-order valence-corrected chi connectivity index (χ3v) is 3.18. The van der Waals surface area contributed by atoms with Gasteiger partial charge >= 0.3 is 0 Å². The average molecular weight is 315 g/mol. The smallest absolute Gasteiger partial charge is 0.255 e. The molecule has 2 rings (SSSR count). The average Bonchev–Trinajstić information content (AvgIpc) is 2.50. The molecule has 6 heteroatoms. The largest absolute Gasteiger partial charge is 0.378 e. The van der Waals surface area contributed by atoms with Gasteiger partial charge in [0.1, 0.15) is 5.82 Å². The Labute approximate surface area is 134 Å². The fourth-order valence-corrected chi connectivity index (χ4v) is 2.00. The van der Waals surface area contributed by atoms with Gasteiger partial charge in [-0.05, 0) is 42.5 Å². The van der Waals surface area contributed by atoms with Crippen LogP contribution in [0, 0.1) is 5.82 Å². The maximum Gasteiger partial charge on any atom is 0.255 e. The lowest BCUT2D eigenvalue weighted by atomic mass is 10.1. The van der Waals surface area contributed by atoms with E-state index in [9.17, 15) is 14.0 Å². The Morgan fingerprint density at radius 3 is 2.22 bits per heavy atom. The van der Waals surface area contributed by atoms with E-state index in [1.54, 1.807) is 12.1 Å². The lowest BCUT2D eigenvalue weighted by molar-refractivity contribution is -0.114. The van der Waals surface area contributed by atoms with Crippen molar-refractivity contribution in [3.63, 3.8) is 0 Å². The second-order valence-electron chi connectivity index (χ2n) is 5.27. The Balaban J connectivity index is 2.15. The van der Waals surface area contributed by atoms with E-state index in [4.69, 9.17) is 0 Å². The van der Waals surface area contributed by atoms with Gasteiger partial charge < -0.3 is 15.5 Å². The van der Waals surface area contributed by atoms with E-state index in [-0.39, 0.29) is 17.5 Å². The fraction of sp³-hybridized carbons (Fsp3) is 0.176. The molecule has 0 radical (unpaired) electrons. The number of nitrogens with one attached hydrogen (secondary N) is 2. The topological polar surface area (TPSA) is 61.4 Å². The van der Waals surface area contributed by atoms with Crippen LogP contribution in [-0.4, -0.2) is 25.9 Å². The van der Waals surface area contributed by atoms with Crippen LogP contribution in [0.5, 0.6) is 0 Å². The number of anilines is 3. The predicted octanol–water partition coefficient (Wildman–Crippen LogP) is 3.10. The first-order chi connectivity index (χ1) is 10.9. The maximum atomic E-state index is 13.6. The van der Waals surface area contributed by atoms with E-state index in [0.717, 1.165) is 5.69 Å². The van der Waals surface area contributed by atoms with Gasteiger partial charge in [0.2, 0.25) is 5.91 Å². The summed E-state index contributed by atoms with van der Waals surface area (Å²) in [4.78, 5) is 25.2. The Bertz CT molecular complexity index is 727. The monoisotopic (exact) mass is 315 g/mol. The SMILES string of the molecule is CC(=O)Nc1cc(NC(=O)c2ccc(N(C)C)cc2)ccc1F. The van der Waals surface area contributed by atoms with Crippen LogP contribution < -0.4 is 15.5 Å². The summed E-state index contributed by atoms with van der Waals surface area (Å²) in [5.41, 5.74) is 1.90. The van der Waals surface area contributed by atoms with Gasteiger partial charge in [0.05, 0.1) is 5.69 Å². The number of hydrogen-bond acceptors (Lipinski definition) is 3. The van der Waals surface area contributed by atoms with Crippen molar-refractivity contribution < 1.29 is 14.0 Å². The summed E-state index contributed by atoms with van der Waals surface area (Å²) in [6.07, 6.45) is 0. The molecule has 0 spiro atoms. The number of hydrogen-bond donors (Lipinski definition) is 2. The Kier molecular flexibility index (Phi) is 4.95. The van der Waals surface area contributed by atoms with Gasteiger partial charge in [-0.3, -0.25) is 9.59 Å². The zero-order valence-corrected chi connectivity index (χ0v) is 13.2. The van der Waals surface area contributed by atoms with Crippen molar-refractivity contribution in [2.24, 2.45) is 0 Å². The van der Waals surface area contributed by atoms with Crippen LogP contribution in [0.4, 0.5) is 21.5 Å². The molecular weight excluding hydrogens is 297 g/mol. The number of carbonyl (C=O) groups excluding carboxylic acids is 2. The molecule has 0 saturated heterocycles. The highest BCUT2D eigenvalue weighted by Crippen LogP contribution is 2.20. The summed E-state index contributed by atoms with van der Waals surface area (Å²) in [6, 6.07) is 11.1. The molecule has 23 heavy (non-hydrogen) atoms. The summed E-state index contributed by atoms with van der Waals surface area (Å²) < 4.78 is 13.6. The van der Waals surface area contributed by atoms with E-state index in [1.807, 2.05) is 31.1 Å². The van der Waals surface area contributed by atoms with Crippen LogP contribution in [0.3, 0.4) is 0 Å². The summed E-state index contributed by atoms with van der Waals surface area (Å²) >= 11 is 0. The highest BCUT2D eigenvalue weighted by Gasteiger charge is 2.09. The molecule has 0 unspecified atom stereocenters. The van der Waals surface area contributed by atoms with Crippen LogP contribution in [0.2, 0.25) is 0 Å². The minimum atomic E-state index is -0.562. The molecule has 0 aromatic heterocycles. The molecule has 2 N–H and O–H groups in total. The van der Waals surface area contributed by atoms with Gasteiger partial charge in [-0.2, -0.15) is 0 Å². The minimum Gasteiger partial charge on any atom is -0.378 e. The van der Waals surface area contributed by atoms with E-state index in [0.29, 0.717) is 11.3 Å². The molecule has 0 aliphatic rings. The van der Waals surface area contributed by atoms with Crippen molar-refractivity contribution in [1.29, 1.82) is 0 Å². The zero-order chi connectivity index (χ0) is 17.0. The second kappa shape index (κ2) is 6.91. The number of rotatable bonds is 4. The number of benzene rings is 2. The number of nitrogens with zero attached hydrogens (tertiary/aromatic N) is 1. The van der Waals surface area contributed by atoms with Crippen molar-refractivity contribution in [3.05, 3.63) is 53.8 Å². The van der Waals surface area contributed by atoms with E-state index in [1.165, 1.54) is 25.1 Å². The van der Waals surface area contributed by atoms with Crippen LogP contribution >= 0.6 is 0 Å². The zero-order valence-electron chi connectivity index (χ0n) is 13.2. The van der Waals surface area contributed by atoms with Crippen molar-refractivity contribution in [1.82, 2.24) is 0 Å². The first-order valence-electron chi connectivity index (χ1n) is 7.02. The molecule has 2 amide bonds. The van der Waals surface area contributed by atoms with E-state index < -0.39 is 5.82 Å². The highest BCUT2D eigenvalue weighted by molar-refractivity contribution is 6.04. The third-order valence-electron chi connectivity index (χ3n) is 3.18. The van der Waals surface area contributed by atoms with Gasteiger partial charge in [-0.15, -0.1) is 0 Å². The molecule has 2 aromatic rings. The molecule has 0 aliphatic carbocycles. The first-order valence-corrected chi connectivity index (χ1v) is 7.02. The van der Waals surface area contributed by atoms with Crippen LogP contribution in [-0.2, 0) is 4.79 Å². The molecule has 120 valence electrons. The summed E-state index contributed by atoms with van der Waals surface area (Å²) in [5, 5.41) is 5.05. The standard InChI is InChI=1S/C17H18FN3O2/c1-11(22)19-16-10-13(6-9-15(16)18)20-17(23)12-4-7-14(8-5-12)21(2)3/h4-10H,1-3H3,(H,19,22)(H,20,23). The summed E-state index contributed by atoms with van der Waals surface area (Å²) in [6.45, 7) is 1.29. The van der Waals surface area contributed by atoms with Gasteiger partial charge in [0.15, 0.2) is 0 Å². The minimum absolute atomic E-state index is 0.0262. The fourth-order valence-electron chi connectivity index (χ4n) is 2.00. The Hall–Kier alpha value is -2.89. The molecule has 0 saturated carbocycles. The Morgan fingerprint density at radius 1 is 1.00 bits per heavy atom. The highest BCUT2D eigenvalue weighted by atomic mass is 19.1. The van der Waals surface area contributed by atoms with Crippen molar-refractivity contribution in [2.45, 2.75) is 6.92 Å². The lowest BCUT2D eigenvalue weighted by Crippen LogP contribution is -2.14. The maximum absolute atomic E-state index is 13.6. The molecule has 2 aromatic carbocycles. The predicted molar refractivity (Wildman–Crippen MR) is 89.4 cm³/mol. The molecule has 0 aliphatic heterocycles. The normalized spacial score (nSPS) is 10.1. The Morgan fingerprint density at radius 2 is 1.65 bits per heavy atom. The van der Waals surface area contributed by atoms with Gasteiger partial charge in [-0.25, -0.2) is 4.39 Å². The van der Waals surface area contributed by atoms with Gasteiger partial charge in [0, 0.05) is 38.0 Å². The van der Waals surface area contributed by atoms with Crippen molar-refractivity contribution in [3.8, 4) is 0 Å². The van der Waals surface area contributed by atoms with Gasteiger partial charge in [0.25, 0.3) is 5.91 Å². The van der Waals surface area contributed by atoms with E-state index >= 15 is 0 Å².